The molecule has 0 heterocycles. The molecule has 0 atom stereocenters. The lowest BCUT2D eigenvalue weighted by Crippen LogP contribution is -2.01. The van der Waals surface area contributed by atoms with Crippen LogP contribution in [0.2, 0.25) is 5.02 Å². The summed E-state index contributed by atoms with van der Waals surface area (Å²) in [5.41, 5.74) is 2.35. The van der Waals surface area contributed by atoms with Gasteiger partial charge in [-0.15, -0.1) is 0 Å². The Morgan fingerprint density at radius 1 is 1.16 bits per heavy atom. The van der Waals surface area contributed by atoms with Crippen LogP contribution < -0.4 is 4.74 Å². The second-order valence-corrected chi connectivity index (χ2v) is 4.71. The van der Waals surface area contributed by atoms with E-state index in [4.69, 9.17) is 16.3 Å². The minimum atomic E-state index is -0.289. The molecule has 0 spiro atoms. The molecule has 2 nitrogen and oxygen atoms in total. The number of aryl methyl sites for hydroxylation is 1. The second-order valence-electron chi connectivity index (χ2n) is 4.27. The van der Waals surface area contributed by atoms with Crippen molar-refractivity contribution in [3.05, 3.63) is 63.9 Å². The van der Waals surface area contributed by atoms with Gasteiger partial charge in [-0.2, -0.15) is 0 Å². The largest absolute Gasteiger partial charge is 0.489 e. The van der Waals surface area contributed by atoms with Crippen LogP contribution in [0, 0.1) is 12.7 Å². The van der Waals surface area contributed by atoms with Gasteiger partial charge in [0.25, 0.3) is 0 Å². The molecule has 2 rings (SSSR count). The highest BCUT2D eigenvalue weighted by Gasteiger charge is 2.06. The number of rotatable bonds is 4. The topological polar surface area (TPSA) is 29.5 Å². The third kappa shape index (κ3) is 3.46. The van der Waals surface area contributed by atoms with Gasteiger partial charge in [-0.05, 0) is 48.4 Å². The molecule has 0 aliphatic rings. The molecule has 0 unspecified atom stereocenters. The van der Waals surface area contributed by atoms with E-state index < -0.39 is 0 Å². The Labute approximate surface area is 116 Å². The van der Waals surface area contributed by atoms with E-state index in [1.807, 2.05) is 6.92 Å². The van der Waals surface area contributed by atoms with Crippen molar-refractivity contribution >= 4 is 11.6 Å². The van der Waals surface area contributed by atoms with Crippen LogP contribution in [-0.4, -0.2) is 5.11 Å². The Morgan fingerprint density at radius 2 is 1.95 bits per heavy atom. The van der Waals surface area contributed by atoms with Crippen molar-refractivity contribution in [2.75, 3.05) is 0 Å². The molecule has 0 amide bonds. The smallest absolute Gasteiger partial charge is 0.125 e. The van der Waals surface area contributed by atoms with Crippen molar-refractivity contribution < 1.29 is 14.2 Å². The maximum Gasteiger partial charge on any atom is 0.125 e. The summed E-state index contributed by atoms with van der Waals surface area (Å²) < 4.78 is 18.8. The summed E-state index contributed by atoms with van der Waals surface area (Å²) >= 11 is 5.84. The van der Waals surface area contributed by atoms with Crippen LogP contribution in [0.3, 0.4) is 0 Å². The summed E-state index contributed by atoms with van der Waals surface area (Å²) in [6.45, 7) is 1.99. The molecule has 0 aliphatic carbocycles. The first-order valence-electron chi connectivity index (χ1n) is 5.87. The number of halogens is 2. The Bertz CT molecular complexity index is 584. The van der Waals surface area contributed by atoms with E-state index in [0.717, 1.165) is 11.1 Å². The summed E-state index contributed by atoms with van der Waals surface area (Å²) in [5, 5.41) is 9.78. The molecule has 19 heavy (non-hydrogen) atoms. The van der Waals surface area contributed by atoms with E-state index in [0.29, 0.717) is 16.3 Å². The van der Waals surface area contributed by atoms with Gasteiger partial charge in [0, 0.05) is 10.6 Å². The molecule has 2 aromatic carbocycles. The molecular weight excluding hydrogens is 267 g/mol. The highest BCUT2D eigenvalue weighted by atomic mass is 35.5. The third-order valence-corrected chi connectivity index (χ3v) is 3.12. The summed E-state index contributed by atoms with van der Waals surface area (Å²) in [4.78, 5) is 0. The lowest BCUT2D eigenvalue weighted by Gasteiger charge is -2.12. The average Bonchev–Trinajstić information content (AvgIpc) is 2.40. The van der Waals surface area contributed by atoms with Crippen molar-refractivity contribution in [2.45, 2.75) is 20.1 Å². The van der Waals surface area contributed by atoms with Gasteiger partial charge in [0.05, 0.1) is 6.61 Å². The van der Waals surface area contributed by atoms with Gasteiger partial charge in [0.2, 0.25) is 0 Å². The molecule has 0 saturated heterocycles. The van der Waals surface area contributed by atoms with Crippen LogP contribution in [0.5, 0.6) is 5.75 Å². The van der Waals surface area contributed by atoms with Crippen molar-refractivity contribution in [2.24, 2.45) is 0 Å². The highest BCUT2D eigenvalue weighted by Crippen LogP contribution is 2.24. The van der Waals surface area contributed by atoms with Crippen molar-refractivity contribution in [3.8, 4) is 5.75 Å². The fourth-order valence-electron chi connectivity index (χ4n) is 1.76. The van der Waals surface area contributed by atoms with E-state index in [2.05, 4.69) is 0 Å². The Hall–Kier alpha value is -1.58. The first-order valence-corrected chi connectivity index (χ1v) is 6.25. The second kappa shape index (κ2) is 6.04. The van der Waals surface area contributed by atoms with E-state index in [-0.39, 0.29) is 19.0 Å². The normalized spacial score (nSPS) is 10.5. The van der Waals surface area contributed by atoms with Gasteiger partial charge in [-0.3, -0.25) is 0 Å². The molecule has 1 N–H and O–H groups in total. The summed E-state index contributed by atoms with van der Waals surface area (Å²) in [5.74, 6) is 0.262. The van der Waals surface area contributed by atoms with Crippen LogP contribution >= 0.6 is 11.6 Å². The highest BCUT2D eigenvalue weighted by molar-refractivity contribution is 6.30. The maximum absolute atomic E-state index is 13.2. The quantitative estimate of drug-likeness (QED) is 0.921. The van der Waals surface area contributed by atoms with Crippen molar-refractivity contribution in [1.29, 1.82) is 0 Å². The average molecular weight is 281 g/mol. The fourth-order valence-corrected chi connectivity index (χ4v) is 1.96. The molecule has 0 bridgehead atoms. The molecule has 0 aliphatic heterocycles. The number of hydrogen-bond acceptors (Lipinski definition) is 2. The summed E-state index contributed by atoms with van der Waals surface area (Å²) in [7, 11) is 0. The number of benzene rings is 2. The number of aliphatic hydroxyl groups is 1. The van der Waals surface area contributed by atoms with Crippen LogP contribution in [0.15, 0.2) is 36.4 Å². The van der Waals surface area contributed by atoms with E-state index in [1.54, 1.807) is 24.3 Å². The molecule has 0 radical (unpaired) electrons. The SMILES string of the molecule is Cc1ccc(F)cc1COc1ccc(Cl)cc1CO. The zero-order chi connectivity index (χ0) is 13.8. The Kier molecular flexibility index (Phi) is 4.40. The number of aliphatic hydroxyl groups excluding tert-OH is 1. The molecule has 0 saturated carbocycles. The van der Waals surface area contributed by atoms with Gasteiger partial charge in [0.1, 0.15) is 18.2 Å². The predicted molar refractivity (Wildman–Crippen MR) is 72.8 cm³/mol. The Morgan fingerprint density at radius 3 is 2.68 bits per heavy atom. The standard InChI is InChI=1S/C15H14ClFO2/c1-10-2-4-14(17)7-12(10)9-19-15-5-3-13(16)6-11(15)8-18/h2-7,18H,8-9H2,1H3. The van der Waals surface area contributed by atoms with Gasteiger partial charge in [-0.1, -0.05) is 17.7 Å². The van der Waals surface area contributed by atoms with Gasteiger partial charge < -0.3 is 9.84 Å². The van der Waals surface area contributed by atoms with Crippen LogP contribution in [0.1, 0.15) is 16.7 Å². The first kappa shape index (κ1) is 13.8. The van der Waals surface area contributed by atoms with E-state index in [1.165, 1.54) is 12.1 Å². The molecule has 4 heteroatoms. The maximum atomic E-state index is 13.2. The van der Waals surface area contributed by atoms with E-state index in [9.17, 15) is 9.50 Å². The fraction of sp³-hybridized carbons (Fsp3) is 0.200. The minimum Gasteiger partial charge on any atom is -0.489 e. The Balaban J connectivity index is 2.16. The first-order chi connectivity index (χ1) is 9.10. The van der Waals surface area contributed by atoms with Crippen LogP contribution in [0.4, 0.5) is 4.39 Å². The van der Waals surface area contributed by atoms with Crippen LogP contribution in [0.25, 0.3) is 0 Å². The summed E-state index contributed by atoms with van der Waals surface area (Å²) in [6, 6.07) is 9.61. The third-order valence-electron chi connectivity index (χ3n) is 2.89. The van der Waals surface area contributed by atoms with Crippen molar-refractivity contribution in [3.63, 3.8) is 0 Å². The van der Waals surface area contributed by atoms with Crippen LogP contribution in [-0.2, 0) is 13.2 Å². The van der Waals surface area contributed by atoms with E-state index >= 15 is 0 Å². The number of ether oxygens (including phenoxy) is 1. The zero-order valence-electron chi connectivity index (χ0n) is 10.5. The molecule has 100 valence electrons. The monoisotopic (exact) mass is 280 g/mol. The lowest BCUT2D eigenvalue weighted by atomic mass is 10.1. The lowest BCUT2D eigenvalue weighted by molar-refractivity contribution is 0.258. The van der Waals surface area contributed by atoms with Gasteiger partial charge in [0.15, 0.2) is 0 Å². The van der Waals surface area contributed by atoms with Gasteiger partial charge in [-0.25, -0.2) is 4.39 Å². The van der Waals surface area contributed by atoms with Crippen molar-refractivity contribution in [1.82, 2.24) is 0 Å². The molecule has 0 aromatic heterocycles. The molecule has 2 aromatic rings. The summed E-state index contributed by atoms with van der Waals surface area (Å²) in [6.07, 6.45) is 0. The van der Waals surface area contributed by atoms with Gasteiger partial charge >= 0.3 is 0 Å². The number of hydrogen-bond donors (Lipinski definition) is 1. The predicted octanol–water partition coefficient (Wildman–Crippen LogP) is 3.86. The molecule has 0 fully saturated rings. The molecular formula is C15H14ClFO2. The zero-order valence-corrected chi connectivity index (χ0v) is 11.2. The minimum absolute atomic E-state index is 0.155.